The molecule has 4 nitrogen and oxygen atoms in total. The molecule has 33 heavy (non-hydrogen) atoms. The van der Waals surface area contributed by atoms with Gasteiger partial charge >= 0.3 is 0 Å². The molecule has 3 heterocycles. The number of benzene rings is 2. The molecule has 0 saturated carbocycles. The Morgan fingerprint density at radius 1 is 0.970 bits per heavy atom. The second-order valence-corrected chi connectivity index (χ2v) is 8.93. The van der Waals surface area contributed by atoms with Crippen LogP contribution in [0.5, 0.6) is 0 Å². The van der Waals surface area contributed by atoms with Crippen molar-refractivity contribution in [1.82, 2.24) is 14.9 Å². The predicted octanol–water partition coefficient (Wildman–Crippen LogP) is 6.46. The lowest BCUT2D eigenvalue weighted by molar-refractivity contribution is 0.565. The number of hydrogen-bond donors (Lipinski definition) is 1. The van der Waals surface area contributed by atoms with Crippen LogP contribution < -0.4 is 10.2 Å². The molecule has 5 rings (SSSR count). The van der Waals surface area contributed by atoms with Crippen LogP contribution in [0.2, 0.25) is 5.02 Å². The standard InChI is InChI=1S/C26H22ClFN4S/c1-16-15-22(17(2)31(16)20-12-8-19(28)9-13-20)25-24(23-5-3-4-14-29-23)30-26(33)32(25)21-10-6-18(27)7-11-21/h3-15,24-25H,1-2H3,(H,30,33)/t24-,25+/m1/s1. The largest absolute Gasteiger partial charge is 0.351 e. The van der Waals surface area contributed by atoms with Gasteiger partial charge in [-0.3, -0.25) is 4.98 Å². The number of nitrogens with zero attached hydrogens (tertiary/aromatic N) is 3. The number of thiocarbonyl (C=S) groups is 1. The zero-order valence-corrected chi connectivity index (χ0v) is 19.7. The van der Waals surface area contributed by atoms with Crippen LogP contribution >= 0.6 is 23.8 Å². The average Bonchev–Trinajstić information content (AvgIpc) is 3.31. The summed E-state index contributed by atoms with van der Waals surface area (Å²) in [5.41, 5.74) is 6.02. The highest BCUT2D eigenvalue weighted by Crippen LogP contribution is 2.43. The Hall–Kier alpha value is -3.22. The van der Waals surface area contributed by atoms with Gasteiger partial charge in [0.25, 0.3) is 0 Å². The van der Waals surface area contributed by atoms with E-state index in [0.29, 0.717) is 10.1 Å². The molecule has 1 aliphatic rings. The van der Waals surface area contributed by atoms with Crippen LogP contribution in [0.25, 0.3) is 5.69 Å². The van der Waals surface area contributed by atoms with Crippen LogP contribution in [0, 0.1) is 19.7 Å². The maximum absolute atomic E-state index is 13.5. The molecule has 2 atom stereocenters. The van der Waals surface area contributed by atoms with Gasteiger partial charge in [-0.25, -0.2) is 4.39 Å². The number of hydrogen-bond acceptors (Lipinski definition) is 2. The van der Waals surface area contributed by atoms with Gasteiger partial charge in [0.1, 0.15) is 5.82 Å². The maximum atomic E-state index is 13.5. The Kier molecular flexibility index (Phi) is 5.64. The molecule has 1 aliphatic heterocycles. The van der Waals surface area contributed by atoms with Gasteiger partial charge in [0, 0.05) is 34.0 Å². The van der Waals surface area contributed by atoms with E-state index in [2.05, 4.69) is 39.7 Å². The van der Waals surface area contributed by atoms with E-state index in [-0.39, 0.29) is 17.9 Å². The van der Waals surface area contributed by atoms with Crippen molar-refractivity contribution in [3.05, 3.63) is 112 Å². The van der Waals surface area contributed by atoms with Gasteiger partial charge < -0.3 is 14.8 Å². The number of rotatable bonds is 4. The smallest absolute Gasteiger partial charge is 0.174 e. The van der Waals surface area contributed by atoms with Gasteiger partial charge in [-0.1, -0.05) is 17.7 Å². The molecule has 7 heteroatoms. The fourth-order valence-electron chi connectivity index (χ4n) is 4.63. The number of pyridine rings is 1. The molecule has 0 spiro atoms. The fourth-order valence-corrected chi connectivity index (χ4v) is 5.10. The first kappa shape index (κ1) is 21.6. The lowest BCUT2D eigenvalue weighted by atomic mass is 9.96. The van der Waals surface area contributed by atoms with E-state index < -0.39 is 0 Å². The van der Waals surface area contributed by atoms with Gasteiger partial charge in [-0.2, -0.15) is 0 Å². The Balaban J connectivity index is 1.67. The Bertz CT molecular complexity index is 1300. The van der Waals surface area contributed by atoms with Crippen LogP contribution in [0.3, 0.4) is 0 Å². The van der Waals surface area contributed by atoms with Gasteiger partial charge in [0.2, 0.25) is 0 Å². The number of halogens is 2. The van der Waals surface area contributed by atoms with Crippen molar-refractivity contribution < 1.29 is 4.39 Å². The molecule has 0 aliphatic carbocycles. The average molecular weight is 477 g/mol. The Labute approximate surface area is 202 Å². The highest BCUT2D eigenvalue weighted by atomic mass is 35.5. The summed E-state index contributed by atoms with van der Waals surface area (Å²) >= 11 is 12.0. The first-order valence-electron chi connectivity index (χ1n) is 10.6. The van der Waals surface area contributed by atoms with E-state index in [1.54, 1.807) is 18.3 Å². The zero-order valence-electron chi connectivity index (χ0n) is 18.2. The minimum Gasteiger partial charge on any atom is -0.351 e. The van der Waals surface area contributed by atoms with E-state index >= 15 is 0 Å². The minimum absolute atomic E-state index is 0.131. The van der Waals surface area contributed by atoms with Crippen molar-refractivity contribution in [2.24, 2.45) is 0 Å². The van der Waals surface area contributed by atoms with Crippen LogP contribution in [-0.2, 0) is 0 Å². The highest BCUT2D eigenvalue weighted by Gasteiger charge is 2.42. The van der Waals surface area contributed by atoms with Gasteiger partial charge in [0.05, 0.1) is 17.8 Å². The molecule has 1 saturated heterocycles. The molecule has 2 aromatic heterocycles. The van der Waals surface area contributed by atoms with Crippen molar-refractivity contribution in [2.75, 3.05) is 4.90 Å². The summed E-state index contributed by atoms with van der Waals surface area (Å²) in [5, 5.41) is 4.79. The summed E-state index contributed by atoms with van der Waals surface area (Å²) in [4.78, 5) is 6.75. The summed E-state index contributed by atoms with van der Waals surface area (Å²) in [6.45, 7) is 4.14. The predicted molar refractivity (Wildman–Crippen MR) is 135 cm³/mol. The van der Waals surface area contributed by atoms with E-state index in [1.807, 2.05) is 42.5 Å². The zero-order chi connectivity index (χ0) is 23.1. The quantitative estimate of drug-likeness (QED) is 0.343. The third-order valence-electron chi connectivity index (χ3n) is 6.08. The third-order valence-corrected chi connectivity index (χ3v) is 6.64. The molecule has 0 bridgehead atoms. The van der Waals surface area contributed by atoms with Crippen molar-refractivity contribution in [3.63, 3.8) is 0 Å². The molecule has 1 N–H and O–H groups in total. The van der Waals surface area contributed by atoms with Gasteiger partial charge in [-0.05, 0) is 98.4 Å². The molecule has 0 unspecified atom stereocenters. The summed E-state index contributed by atoms with van der Waals surface area (Å²) in [5.74, 6) is -0.254. The molecule has 166 valence electrons. The lowest BCUT2D eigenvalue weighted by Gasteiger charge is -2.28. The maximum Gasteiger partial charge on any atom is 0.174 e. The summed E-state index contributed by atoms with van der Waals surface area (Å²) in [6, 6.07) is 22.0. The lowest BCUT2D eigenvalue weighted by Crippen LogP contribution is -2.29. The number of nitrogens with one attached hydrogen (secondary N) is 1. The number of aromatic nitrogens is 2. The minimum atomic E-state index is -0.254. The molecule has 1 fully saturated rings. The highest BCUT2D eigenvalue weighted by molar-refractivity contribution is 7.80. The topological polar surface area (TPSA) is 33.1 Å². The second kappa shape index (κ2) is 8.61. The SMILES string of the molecule is Cc1cc([C@H]2[C@@H](c3ccccn3)NC(=S)N2c2ccc(Cl)cc2)c(C)n1-c1ccc(F)cc1. The van der Waals surface area contributed by atoms with Crippen molar-refractivity contribution in [2.45, 2.75) is 25.9 Å². The first-order valence-corrected chi connectivity index (χ1v) is 11.4. The normalized spacial score (nSPS) is 17.9. The van der Waals surface area contributed by atoms with Crippen molar-refractivity contribution in [1.29, 1.82) is 0 Å². The van der Waals surface area contributed by atoms with Crippen molar-refractivity contribution >= 4 is 34.6 Å². The van der Waals surface area contributed by atoms with Crippen molar-refractivity contribution in [3.8, 4) is 5.69 Å². The summed E-state index contributed by atoms with van der Waals surface area (Å²) < 4.78 is 15.7. The molecular formula is C26H22ClFN4S. The number of anilines is 1. The van der Waals surface area contributed by atoms with E-state index in [4.69, 9.17) is 23.8 Å². The van der Waals surface area contributed by atoms with E-state index in [0.717, 1.165) is 34.0 Å². The van der Waals surface area contributed by atoms with Gasteiger partial charge in [0.15, 0.2) is 5.11 Å². The third kappa shape index (κ3) is 3.90. The monoisotopic (exact) mass is 476 g/mol. The Morgan fingerprint density at radius 3 is 2.33 bits per heavy atom. The molecule has 4 aromatic rings. The Morgan fingerprint density at radius 2 is 1.67 bits per heavy atom. The second-order valence-electron chi connectivity index (χ2n) is 8.11. The van der Waals surface area contributed by atoms with Crippen LogP contribution in [0.1, 0.15) is 34.7 Å². The number of aryl methyl sites for hydroxylation is 1. The molecule has 2 aromatic carbocycles. The van der Waals surface area contributed by atoms with Crippen LogP contribution in [0.4, 0.5) is 10.1 Å². The van der Waals surface area contributed by atoms with E-state index in [1.165, 1.54) is 12.1 Å². The van der Waals surface area contributed by atoms with Crippen LogP contribution in [-0.4, -0.2) is 14.7 Å². The molecule has 0 radical (unpaired) electrons. The van der Waals surface area contributed by atoms with Gasteiger partial charge in [-0.15, -0.1) is 0 Å². The molecular weight excluding hydrogens is 455 g/mol. The summed E-state index contributed by atoms with van der Waals surface area (Å²) in [6.07, 6.45) is 1.80. The first-order chi connectivity index (χ1) is 15.9. The fraction of sp³-hybridized carbons (Fsp3) is 0.154. The molecule has 0 amide bonds. The van der Waals surface area contributed by atoms with Crippen LogP contribution in [0.15, 0.2) is 79.0 Å². The van der Waals surface area contributed by atoms with E-state index in [9.17, 15) is 4.39 Å². The summed E-state index contributed by atoms with van der Waals surface area (Å²) in [7, 11) is 0.